The van der Waals surface area contributed by atoms with Gasteiger partial charge in [0.05, 0.1) is 17.4 Å². The maximum Gasteiger partial charge on any atom is 0.174 e. The fourth-order valence-electron chi connectivity index (χ4n) is 4.14. The molecule has 5 rings (SSSR count). The molecule has 1 aliphatic rings. The van der Waals surface area contributed by atoms with E-state index >= 15 is 0 Å². The van der Waals surface area contributed by atoms with Crippen molar-refractivity contribution < 1.29 is 4.39 Å². The quantitative estimate of drug-likeness (QED) is 0.435. The summed E-state index contributed by atoms with van der Waals surface area (Å²) >= 11 is 5.77. The van der Waals surface area contributed by atoms with Crippen LogP contribution in [0.2, 0.25) is 0 Å². The summed E-state index contributed by atoms with van der Waals surface area (Å²) in [4.78, 5) is 6.68. The molecule has 0 aliphatic carbocycles. The van der Waals surface area contributed by atoms with E-state index in [1.54, 1.807) is 18.3 Å². The number of hydrogen-bond donors (Lipinski definition) is 1. The van der Waals surface area contributed by atoms with E-state index in [1.807, 2.05) is 47.2 Å². The minimum atomic E-state index is -0.273. The maximum absolute atomic E-state index is 14.7. The van der Waals surface area contributed by atoms with Gasteiger partial charge in [0.15, 0.2) is 5.11 Å². The minimum Gasteiger partial charge on any atom is -0.351 e. The van der Waals surface area contributed by atoms with E-state index in [0.29, 0.717) is 10.8 Å². The van der Waals surface area contributed by atoms with Crippen LogP contribution in [0.3, 0.4) is 0 Å². The number of anilines is 1. The summed E-state index contributed by atoms with van der Waals surface area (Å²) in [6, 6.07) is 24.5. The summed E-state index contributed by atoms with van der Waals surface area (Å²) < 4.78 is 16.6. The van der Waals surface area contributed by atoms with Gasteiger partial charge in [-0.25, -0.2) is 4.39 Å². The molecular weight excluding hydrogens is 407 g/mol. The number of benzene rings is 2. The highest BCUT2D eigenvalue weighted by atomic mass is 32.1. The molecule has 2 atom stereocenters. The third kappa shape index (κ3) is 3.49. The van der Waals surface area contributed by atoms with Crippen LogP contribution in [-0.4, -0.2) is 14.7 Å². The maximum atomic E-state index is 14.7. The first-order chi connectivity index (χ1) is 15.1. The normalized spacial score (nSPS) is 18.3. The lowest BCUT2D eigenvalue weighted by atomic mass is 10.0. The monoisotopic (exact) mass is 428 g/mol. The Labute approximate surface area is 186 Å². The van der Waals surface area contributed by atoms with Crippen molar-refractivity contribution in [2.75, 3.05) is 4.90 Å². The third-order valence-electron chi connectivity index (χ3n) is 5.61. The number of halogens is 1. The molecule has 1 N–H and O–H groups in total. The molecule has 0 spiro atoms. The highest BCUT2D eigenvalue weighted by molar-refractivity contribution is 7.80. The SMILES string of the molecule is Cc1ccc(N2C(=S)N[C@@H](c3ccccn3)[C@@H]2c2cccn2-c2ccccc2F)cc1. The van der Waals surface area contributed by atoms with Crippen molar-refractivity contribution in [2.24, 2.45) is 0 Å². The Hall–Kier alpha value is -3.51. The van der Waals surface area contributed by atoms with Crippen molar-refractivity contribution in [1.29, 1.82) is 0 Å². The summed E-state index contributed by atoms with van der Waals surface area (Å²) in [5.74, 6) is -0.273. The number of thiocarbonyl (C=S) groups is 1. The second kappa shape index (κ2) is 7.96. The van der Waals surface area contributed by atoms with Gasteiger partial charge in [-0.05, 0) is 67.7 Å². The molecule has 4 nitrogen and oxygen atoms in total. The molecule has 6 heteroatoms. The molecule has 2 aromatic carbocycles. The molecule has 0 amide bonds. The zero-order valence-corrected chi connectivity index (χ0v) is 17.8. The van der Waals surface area contributed by atoms with Gasteiger partial charge in [0, 0.05) is 23.8 Å². The highest BCUT2D eigenvalue weighted by Gasteiger charge is 2.42. The molecule has 1 fully saturated rings. The first-order valence-corrected chi connectivity index (χ1v) is 10.5. The topological polar surface area (TPSA) is 33.1 Å². The number of nitrogens with zero attached hydrogens (tertiary/aromatic N) is 3. The molecule has 0 bridgehead atoms. The molecular formula is C25H21FN4S. The Morgan fingerprint density at radius 3 is 2.45 bits per heavy atom. The van der Waals surface area contributed by atoms with Crippen LogP contribution in [0.5, 0.6) is 0 Å². The van der Waals surface area contributed by atoms with Gasteiger partial charge in [0.2, 0.25) is 0 Å². The molecule has 154 valence electrons. The second-order valence-corrected chi connectivity index (χ2v) is 7.97. The van der Waals surface area contributed by atoms with Crippen molar-refractivity contribution >= 4 is 23.0 Å². The predicted molar refractivity (Wildman–Crippen MR) is 125 cm³/mol. The Morgan fingerprint density at radius 2 is 1.71 bits per heavy atom. The lowest BCUT2D eigenvalue weighted by Gasteiger charge is -2.29. The lowest BCUT2D eigenvalue weighted by molar-refractivity contribution is 0.544. The number of nitrogens with one attached hydrogen (secondary N) is 1. The third-order valence-corrected chi connectivity index (χ3v) is 5.92. The van der Waals surface area contributed by atoms with Crippen LogP contribution in [0.4, 0.5) is 10.1 Å². The van der Waals surface area contributed by atoms with E-state index < -0.39 is 0 Å². The van der Waals surface area contributed by atoms with Gasteiger partial charge >= 0.3 is 0 Å². The largest absolute Gasteiger partial charge is 0.351 e. The van der Waals surface area contributed by atoms with Crippen LogP contribution in [-0.2, 0) is 0 Å². The van der Waals surface area contributed by atoms with Crippen LogP contribution in [0.25, 0.3) is 5.69 Å². The van der Waals surface area contributed by atoms with Crippen molar-refractivity contribution in [3.63, 3.8) is 0 Å². The number of para-hydroxylation sites is 1. The van der Waals surface area contributed by atoms with E-state index in [1.165, 1.54) is 11.6 Å². The summed E-state index contributed by atoms with van der Waals surface area (Å²) in [5.41, 5.74) is 4.46. The van der Waals surface area contributed by atoms with Crippen molar-refractivity contribution in [3.05, 3.63) is 114 Å². The van der Waals surface area contributed by atoms with Gasteiger partial charge in [0.25, 0.3) is 0 Å². The summed E-state index contributed by atoms with van der Waals surface area (Å²) in [6.07, 6.45) is 3.67. The number of hydrogen-bond acceptors (Lipinski definition) is 2. The summed E-state index contributed by atoms with van der Waals surface area (Å²) in [7, 11) is 0. The predicted octanol–water partition coefficient (Wildman–Crippen LogP) is 5.50. The van der Waals surface area contributed by atoms with Gasteiger partial charge in [-0.2, -0.15) is 0 Å². The second-order valence-electron chi connectivity index (χ2n) is 7.59. The zero-order chi connectivity index (χ0) is 21.4. The lowest BCUT2D eigenvalue weighted by Crippen LogP contribution is -2.30. The van der Waals surface area contributed by atoms with E-state index in [4.69, 9.17) is 12.2 Å². The van der Waals surface area contributed by atoms with Crippen LogP contribution in [0.1, 0.15) is 29.0 Å². The van der Waals surface area contributed by atoms with Crippen LogP contribution >= 0.6 is 12.2 Å². The summed E-state index contributed by atoms with van der Waals surface area (Å²) in [6.45, 7) is 2.06. The molecule has 0 radical (unpaired) electrons. The minimum absolute atomic E-state index is 0.185. The van der Waals surface area contributed by atoms with Gasteiger partial charge < -0.3 is 14.8 Å². The fourth-order valence-corrected chi connectivity index (χ4v) is 4.49. The van der Waals surface area contributed by atoms with Crippen LogP contribution in [0.15, 0.2) is 91.3 Å². The van der Waals surface area contributed by atoms with Crippen molar-refractivity contribution in [3.8, 4) is 5.69 Å². The Kier molecular flexibility index (Phi) is 5.00. The van der Waals surface area contributed by atoms with E-state index in [9.17, 15) is 4.39 Å². The van der Waals surface area contributed by atoms with Crippen LogP contribution in [0, 0.1) is 12.7 Å². The van der Waals surface area contributed by atoms with Gasteiger partial charge in [-0.1, -0.05) is 35.9 Å². The first-order valence-electron chi connectivity index (χ1n) is 10.1. The number of pyridine rings is 1. The smallest absolute Gasteiger partial charge is 0.174 e. The molecule has 0 unspecified atom stereocenters. The fraction of sp³-hybridized carbons (Fsp3) is 0.120. The van der Waals surface area contributed by atoms with E-state index in [-0.39, 0.29) is 17.9 Å². The number of aryl methyl sites for hydroxylation is 1. The molecule has 31 heavy (non-hydrogen) atoms. The Morgan fingerprint density at radius 1 is 0.935 bits per heavy atom. The molecule has 1 saturated heterocycles. The van der Waals surface area contributed by atoms with Crippen LogP contribution < -0.4 is 10.2 Å². The molecule has 0 saturated carbocycles. The first kappa shape index (κ1) is 19.5. The number of aromatic nitrogens is 2. The van der Waals surface area contributed by atoms with Crippen molar-refractivity contribution in [2.45, 2.75) is 19.0 Å². The zero-order valence-electron chi connectivity index (χ0n) is 16.9. The standard InChI is InChI=1S/C25H21FN4S/c1-17-11-13-18(14-12-17)30-24(23(28-25(30)31)20-8-4-5-15-27-20)22-10-6-16-29(22)21-9-3-2-7-19(21)26/h2-16,23-24H,1H3,(H,28,31)/t23-,24-/m0/s1. The summed E-state index contributed by atoms with van der Waals surface area (Å²) in [5, 5.41) is 4.07. The number of rotatable bonds is 4. The van der Waals surface area contributed by atoms with Gasteiger partial charge in [-0.3, -0.25) is 4.98 Å². The van der Waals surface area contributed by atoms with E-state index in [0.717, 1.165) is 17.1 Å². The molecule has 3 heterocycles. The highest BCUT2D eigenvalue weighted by Crippen LogP contribution is 2.42. The van der Waals surface area contributed by atoms with Crippen molar-refractivity contribution in [1.82, 2.24) is 14.9 Å². The van der Waals surface area contributed by atoms with E-state index in [2.05, 4.69) is 46.4 Å². The Bertz CT molecular complexity index is 1220. The molecule has 4 aromatic rings. The molecule has 2 aromatic heterocycles. The van der Waals surface area contributed by atoms with Gasteiger partial charge in [-0.15, -0.1) is 0 Å². The average Bonchev–Trinajstić information content (AvgIpc) is 3.39. The van der Waals surface area contributed by atoms with Gasteiger partial charge in [0.1, 0.15) is 11.9 Å². The Balaban J connectivity index is 1.68. The average molecular weight is 429 g/mol. The molecule has 1 aliphatic heterocycles.